The molecule has 0 aliphatic carbocycles. The number of aliphatic hydroxyl groups is 1. The van der Waals surface area contributed by atoms with Crippen LogP contribution in [0.5, 0.6) is 0 Å². The summed E-state index contributed by atoms with van der Waals surface area (Å²) < 4.78 is 27.8. The molecule has 7 heteroatoms. The molecule has 2 rings (SSSR count). The molecule has 1 aromatic heterocycles. The van der Waals surface area contributed by atoms with Crippen LogP contribution in [-0.2, 0) is 16.6 Å². The Bertz CT molecular complexity index is 675. The van der Waals surface area contributed by atoms with Crippen LogP contribution in [0.3, 0.4) is 0 Å². The van der Waals surface area contributed by atoms with Gasteiger partial charge >= 0.3 is 0 Å². The minimum atomic E-state index is -3.67. The van der Waals surface area contributed by atoms with Gasteiger partial charge in [0, 0.05) is 4.47 Å². The molecule has 0 saturated heterocycles. The summed E-state index contributed by atoms with van der Waals surface area (Å²) in [4.78, 5) is 0.553. The zero-order valence-corrected chi connectivity index (χ0v) is 13.3. The number of aliphatic hydroxyl groups excluding tert-OH is 1. The quantitative estimate of drug-likeness (QED) is 0.878. The smallest absolute Gasteiger partial charge is 0.263 e. The molecule has 0 saturated carbocycles. The van der Waals surface area contributed by atoms with Crippen molar-refractivity contribution in [2.45, 2.75) is 18.4 Å². The summed E-state index contributed by atoms with van der Waals surface area (Å²) >= 11 is 4.54. The Kier molecular flexibility index (Phi) is 4.29. The number of thiophene rings is 1. The lowest BCUT2D eigenvalue weighted by Crippen LogP contribution is -2.13. The summed E-state index contributed by atoms with van der Waals surface area (Å²) in [7, 11) is -3.67. The van der Waals surface area contributed by atoms with Gasteiger partial charge in [0.15, 0.2) is 0 Å². The molecular weight excluding hydrogens is 350 g/mol. The third-order valence-electron chi connectivity index (χ3n) is 2.43. The van der Waals surface area contributed by atoms with E-state index < -0.39 is 10.0 Å². The lowest BCUT2D eigenvalue weighted by molar-refractivity contribution is 0.282. The van der Waals surface area contributed by atoms with Gasteiger partial charge in [0.2, 0.25) is 0 Å². The fraction of sp³-hybridized carbons (Fsp3) is 0.167. The topological polar surface area (TPSA) is 66.4 Å². The molecule has 0 atom stereocenters. The summed E-state index contributed by atoms with van der Waals surface area (Å²) in [5.74, 6) is 0. The predicted molar refractivity (Wildman–Crippen MR) is 79.9 cm³/mol. The van der Waals surface area contributed by atoms with E-state index in [-0.39, 0.29) is 11.5 Å². The Morgan fingerprint density at radius 2 is 2.11 bits per heavy atom. The van der Waals surface area contributed by atoms with Gasteiger partial charge in [0.1, 0.15) is 4.90 Å². The maximum Gasteiger partial charge on any atom is 0.263 e. The van der Waals surface area contributed by atoms with Crippen LogP contribution in [0, 0.1) is 6.92 Å². The van der Waals surface area contributed by atoms with E-state index in [4.69, 9.17) is 5.11 Å². The average molecular weight is 362 g/mol. The number of benzene rings is 1. The molecule has 1 aromatic carbocycles. The standard InChI is InChI=1S/C12H12BrNO3S2/c1-8-4-9(13)6-10(5-8)14-19(16,17)12-2-3-18-11(12)7-15/h2-6,14-15H,7H2,1H3. The van der Waals surface area contributed by atoms with Crippen LogP contribution in [0.2, 0.25) is 0 Å². The van der Waals surface area contributed by atoms with Crippen LogP contribution < -0.4 is 4.72 Å². The molecule has 0 aliphatic heterocycles. The molecular formula is C12H12BrNO3S2. The highest BCUT2D eigenvalue weighted by Crippen LogP contribution is 2.26. The maximum atomic E-state index is 12.2. The van der Waals surface area contributed by atoms with E-state index in [0.29, 0.717) is 10.6 Å². The van der Waals surface area contributed by atoms with Crippen molar-refractivity contribution in [3.8, 4) is 0 Å². The van der Waals surface area contributed by atoms with E-state index in [1.807, 2.05) is 13.0 Å². The highest BCUT2D eigenvalue weighted by Gasteiger charge is 2.19. The van der Waals surface area contributed by atoms with E-state index in [2.05, 4.69) is 20.7 Å². The lowest BCUT2D eigenvalue weighted by Gasteiger charge is -2.09. The van der Waals surface area contributed by atoms with Crippen molar-refractivity contribution in [1.82, 2.24) is 0 Å². The van der Waals surface area contributed by atoms with Gasteiger partial charge in [0.05, 0.1) is 17.2 Å². The molecule has 0 fully saturated rings. The van der Waals surface area contributed by atoms with Crippen LogP contribution in [0.4, 0.5) is 5.69 Å². The minimum Gasteiger partial charge on any atom is -0.391 e. The van der Waals surface area contributed by atoms with E-state index in [1.54, 1.807) is 17.5 Å². The molecule has 19 heavy (non-hydrogen) atoms. The van der Waals surface area contributed by atoms with Crippen molar-refractivity contribution in [2.75, 3.05) is 4.72 Å². The van der Waals surface area contributed by atoms with Crippen molar-refractivity contribution in [2.24, 2.45) is 0 Å². The molecule has 4 nitrogen and oxygen atoms in total. The number of hydrogen-bond acceptors (Lipinski definition) is 4. The summed E-state index contributed by atoms with van der Waals surface area (Å²) in [6, 6.07) is 6.81. The molecule has 2 aromatic rings. The number of rotatable bonds is 4. The Hall–Kier alpha value is -0.890. The molecule has 0 radical (unpaired) electrons. The predicted octanol–water partition coefficient (Wildman–Crippen LogP) is 3.11. The Morgan fingerprint density at radius 1 is 1.37 bits per heavy atom. The first-order valence-corrected chi connectivity index (χ1v) is 8.55. The molecule has 0 spiro atoms. The van der Waals surface area contributed by atoms with Gasteiger partial charge in [0.25, 0.3) is 10.0 Å². The van der Waals surface area contributed by atoms with E-state index in [1.165, 1.54) is 17.4 Å². The van der Waals surface area contributed by atoms with Crippen LogP contribution in [0.1, 0.15) is 10.4 Å². The fourth-order valence-corrected chi connectivity index (χ4v) is 4.63. The van der Waals surface area contributed by atoms with Crippen LogP contribution in [0.25, 0.3) is 0 Å². The van der Waals surface area contributed by atoms with Crippen LogP contribution in [-0.4, -0.2) is 13.5 Å². The van der Waals surface area contributed by atoms with Gasteiger partial charge in [-0.3, -0.25) is 4.72 Å². The molecule has 2 N–H and O–H groups in total. The molecule has 0 amide bonds. The van der Waals surface area contributed by atoms with Gasteiger partial charge in [-0.15, -0.1) is 11.3 Å². The monoisotopic (exact) mass is 361 g/mol. The van der Waals surface area contributed by atoms with Crippen molar-refractivity contribution >= 4 is 43.0 Å². The second kappa shape index (κ2) is 5.62. The second-order valence-corrected chi connectivity index (χ2v) is 7.56. The second-order valence-electron chi connectivity index (χ2n) is 3.99. The van der Waals surface area contributed by atoms with Gasteiger partial charge < -0.3 is 5.11 Å². The van der Waals surface area contributed by atoms with E-state index in [9.17, 15) is 8.42 Å². The van der Waals surface area contributed by atoms with Crippen molar-refractivity contribution in [1.29, 1.82) is 0 Å². The summed E-state index contributed by atoms with van der Waals surface area (Å²) in [5, 5.41) is 10.8. The SMILES string of the molecule is Cc1cc(Br)cc(NS(=O)(=O)c2ccsc2CO)c1. The fourth-order valence-electron chi connectivity index (χ4n) is 1.69. The molecule has 102 valence electrons. The van der Waals surface area contributed by atoms with E-state index in [0.717, 1.165) is 10.0 Å². The lowest BCUT2D eigenvalue weighted by atomic mass is 10.2. The Morgan fingerprint density at radius 3 is 2.74 bits per heavy atom. The van der Waals surface area contributed by atoms with Crippen LogP contribution in [0.15, 0.2) is 39.0 Å². The van der Waals surface area contributed by atoms with E-state index >= 15 is 0 Å². The first kappa shape index (κ1) is 14.5. The highest BCUT2D eigenvalue weighted by atomic mass is 79.9. The summed E-state index contributed by atoms with van der Waals surface area (Å²) in [6.07, 6.45) is 0. The highest BCUT2D eigenvalue weighted by molar-refractivity contribution is 9.10. The number of nitrogens with one attached hydrogen (secondary N) is 1. The number of aryl methyl sites for hydroxylation is 1. The normalized spacial score (nSPS) is 11.5. The van der Waals surface area contributed by atoms with Crippen molar-refractivity contribution < 1.29 is 13.5 Å². The van der Waals surface area contributed by atoms with Crippen molar-refractivity contribution in [3.05, 3.63) is 44.6 Å². The molecule has 1 heterocycles. The first-order valence-electron chi connectivity index (χ1n) is 5.39. The van der Waals surface area contributed by atoms with Gasteiger partial charge in [-0.25, -0.2) is 8.42 Å². The first-order chi connectivity index (χ1) is 8.92. The summed E-state index contributed by atoms with van der Waals surface area (Å²) in [6.45, 7) is 1.59. The maximum absolute atomic E-state index is 12.2. The zero-order chi connectivity index (χ0) is 14.0. The van der Waals surface area contributed by atoms with Crippen molar-refractivity contribution in [3.63, 3.8) is 0 Å². The largest absolute Gasteiger partial charge is 0.391 e. The van der Waals surface area contributed by atoms with Crippen LogP contribution >= 0.6 is 27.3 Å². The Balaban J connectivity index is 2.36. The average Bonchev–Trinajstić information content (AvgIpc) is 2.75. The zero-order valence-electron chi connectivity index (χ0n) is 10.1. The molecule has 0 unspecified atom stereocenters. The van der Waals surface area contributed by atoms with Gasteiger partial charge in [-0.05, 0) is 42.1 Å². The Labute approximate surface area is 124 Å². The summed E-state index contributed by atoms with van der Waals surface area (Å²) in [5.41, 5.74) is 1.43. The number of anilines is 1. The number of sulfonamides is 1. The van der Waals surface area contributed by atoms with Gasteiger partial charge in [-0.2, -0.15) is 0 Å². The number of hydrogen-bond donors (Lipinski definition) is 2. The molecule has 0 bridgehead atoms. The minimum absolute atomic E-state index is 0.123. The number of halogens is 1. The van der Waals surface area contributed by atoms with Gasteiger partial charge in [-0.1, -0.05) is 15.9 Å². The third kappa shape index (κ3) is 3.36. The molecule has 0 aliphatic rings. The third-order valence-corrected chi connectivity index (χ3v) is 5.39.